The van der Waals surface area contributed by atoms with Crippen LogP contribution in [0.4, 0.5) is 0 Å². The third-order valence-corrected chi connectivity index (χ3v) is 8.99. The highest BCUT2D eigenvalue weighted by Crippen LogP contribution is 2.46. The third-order valence-electron chi connectivity index (χ3n) is 8.35. The van der Waals surface area contributed by atoms with Gasteiger partial charge in [-0.15, -0.1) is 0 Å². The van der Waals surface area contributed by atoms with Gasteiger partial charge in [-0.1, -0.05) is 55.7 Å². The van der Waals surface area contributed by atoms with E-state index in [1.165, 1.54) is 6.42 Å². The van der Waals surface area contributed by atoms with Crippen LogP contribution in [-0.4, -0.2) is 57.7 Å². The van der Waals surface area contributed by atoms with E-state index < -0.39 is 12.1 Å². The molecule has 2 aromatic carbocycles. The monoisotopic (exact) mass is 530 g/mol. The number of hydrogen-bond donors (Lipinski definition) is 3. The highest BCUT2D eigenvalue weighted by atomic mass is 32.2. The van der Waals surface area contributed by atoms with Crippen molar-refractivity contribution in [2.75, 3.05) is 12.0 Å². The van der Waals surface area contributed by atoms with Crippen LogP contribution in [0, 0.1) is 0 Å². The van der Waals surface area contributed by atoms with Gasteiger partial charge >= 0.3 is 0 Å². The van der Waals surface area contributed by atoms with E-state index in [9.17, 15) is 14.4 Å². The van der Waals surface area contributed by atoms with Crippen LogP contribution in [0.5, 0.6) is 0 Å². The number of nitrogens with zero attached hydrogens (tertiary/aromatic N) is 1. The van der Waals surface area contributed by atoms with E-state index in [-0.39, 0.29) is 29.8 Å². The van der Waals surface area contributed by atoms with Crippen molar-refractivity contribution in [3.63, 3.8) is 0 Å². The van der Waals surface area contributed by atoms with Crippen LogP contribution in [0.1, 0.15) is 71.7 Å². The van der Waals surface area contributed by atoms with E-state index >= 15 is 0 Å². The molecule has 3 amide bonds. The number of fused-ring (bicyclic) bond motifs is 7. The normalized spacial score (nSPS) is 21.5. The summed E-state index contributed by atoms with van der Waals surface area (Å²) in [5.41, 5.74) is 4.59. The van der Waals surface area contributed by atoms with Crippen molar-refractivity contribution in [2.45, 2.75) is 69.1 Å². The summed E-state index contributed by atoms with van der Waals surface area (Å²) in [6.07, 6.45) is 8.40. The topological polar surface area (TPSA) is 94.3 Å². The van der Waals surface area contributed by atoms with Crippen LogP contribution in [0.3, 0.4) is 0 Å². The highest BCUT2D eigenvalue weighted by molar-refractivity contribution is 7.98. The molecule has 0 radical (unpaired) electrons. The predicted octanol–water partition coefficient (Wildman–Crippen LogP) is 4.32. The van der Waals surface area contributed by atoms with Crippen LogP contribution >= 0.6 is 11.8 Å². The van der Waals surface area contributed by atoms with Gasteiger partial charge in [0.05, 0.1) is 6.04 Å². The van der Waals surface area contributed by atoms with Gasteiger partial charge in [-0.2, -0.15) is 11.8 Å². The van der Waals surface area contributed by atoms with Gasteiger partial charge in [-0.25, -0.2) is 0 Å². The molecule has 3 heterocycles. The summed E-state index contributed by atoms with van der Waals surface area (Å²) < 4.78 is 0. The van der Waals surface area contributed by atoms with Gasteiger partial charge in [0, 0.05) is 34.6 Å². The number of aromatic amines is 1. The first kappa shape index (κ1) is 25.0. The molecule has 3 N–H and O–H groups in total. The van der Waals surface area contributed by atoms with Crippen molar-refractivity contribution in [1.29, 1.82) is 0 Å². The molecule has 1 fully saturated rings. The Balaban J connectivity index is 1.32. The summed E-state index contributed by atoms with van der Waals surface area (Å²) in [6.45, 7) is 0. The lowest BCUT2D eigenvalue weighted by Gasteiger charge is -2.38. The van der Waals surface area contributed by atoms with Crippen molar-refractivity contribution >= 4 is 40.4 Å². The van der Waals surface area contributed by atoms with E-state index in [1.54, 1.807) is 16.7 Å². The molecule has 0 unspecified atom stereocenters. The van der Waals surface area contributed by atoms with Crippen molar-refractivity contribution in [3.8, 4) is 0 Å². The summed E-state index contributed by atoms with van der Waals surface area (Å²) in [4.78, 5) is 46.2. The van der Waals surface area contributed by atoms with Gasteiger partial charge in [-0.05, 0) is 54.5 Å². The molecule has 0 spiro atoms. The Morgan fingerprint density at radius 1 is 1.08 bits per heavy atom. The Morgan fingerprint density at radius 3 is 2.66 bits per heavy atom. The average Bonchev–Trinajstić information content (AvgIpc) is 3.46. The molecule has 7 nitrogen and oxygen atoms in total. The molecule has 1 aliphatic carbocycles. The highest BCUT2D eigenvalue weighted by Gasteiger charge is 2.49. The smallest absolute Gasteiger partial charge is 0.255 e. The summed E-state index contributed by atoms with van der Waals surface area (Å²) in [6, 6.07) is 14.2. The number of para-hydroxylation sites is 1. The largest absolute Gasteiger partial charge is 0.356 e. The van der Waals surface area contributed by atoms with Gasteiger partial charge in [0.15, 0.2) is 0 Å². The van der Waals surface area contributed by atoms with Crippen LogP contribution in [-0.2, 0) is 16.0 Å². The molecule has 3 atom stereocenters. The fourth-order valence-electron chi connectivity index (χ4n) is 6.46. The molecule has 198 valence electrons. The number of nitrogens with one attached hydrogen (secondary N) is 3. The first-order chi connectivity index (χ1) is 18.6. The maximum atomic E-state index is 14.0. The second kappa shape index (κ2) is 10.5. The Labute approximate surface area is 227 Å². The molecule has 1 aromatic heterocycles. The van der Waals surface area contributed by atoms with Crippen LogP contribution in [0.15, 0.2) is 48.5 Å². The van der Waals surface area contributed by atoms with E-state index in [0.717, 1.165) is 59.2 Å². The maximum Gasteiger partial charge on any atom is 0.255 e. The lowest BCUT2D eigenvalue weighted by molar-refractivity contribution is -0.132. The van der Waals surface area contributed by atoms with Gasteiger partial charge in [0.2, 0.25) is 11.8 Å². The standard InChI is InChI=1S/C30H34N4O3S/c1-38-16-15-24(28(35)31-18-9-3-2-4-10-18)33-29(36)25-17-22-19-11-7-8-14-23(19)32-26(22)27-20-12-5-6-13-21(20)30(37)34(25)27/h5-8,11-14,18,24-25,27,32H,2-4,9-10,15-17H2,1H3,(H,31,35)(H,33,36)/t24-,25-,27+/m0/s1. The molecule has 8 heteroatoms. The maximum absolute atomic E-state index is 14.0. The number of rotatable bonds is 7. The van der Waals surface area contributed by atoms with Gasteiger partial charge in [0.1, 0.15) is 12.1 Å². The summed E-state index contributed by atoms with van der Waals surface area (Å²) in [5, 5.41) is 7.34. The minimum absolute atomic E-state index is 0.115. The molecule has 38 heavy (non-hydrogen) atoms. The molecule has 0 saturated heterocycles. The summed E-state index contributed by atoms with van der Waals surface area (Å²) in [7, 11) is 0. The molecule has 3 aromatic rings. The van der Waals surface area contributed by atoms with E-state index in [4.69, 9.17) is 0 Å². The minimum Gasteiger partial charge on any atom is -0.356 e. The average molecular weight is 531 g/mol. The number of amides is 3. The van der Waals surface area contributed by atoms with Gasteiger partial charge < -0.3 is 20.5 Å². The Bertz CT molecular complexity index is 1380. The van der Waals surface area contributed by atoms with Crippen LogP contribution in [0.2, 0.25) is 0 Å². The fraction of sp³-hybridized carbons (Fsp3) is 0.433. The van der Waals surface area contributed by atoms with Crippen molar-refractivity contribution < 1.29 is 14.4 Å². The number of thioether (sulfide) groups is 1. The zero-order chi connectivity index (χ0) is 26.2. The Kier molecular flexibility index (Phi) is 6.91. The van der Waals surface area contributed by atoms with Crippen LogP contribution < -0.4 is 10.6 Å². The Hall–Kier alpha value is -3.26. The van der Waals surface area contributed by atoms with E-state index in [2.05, 4.69) is 21.7 Å². The first-order valence-electron chi connectivity index (χ1n) is 13.7. The quantitative estimate of drug-likeness (QED) is 0.424. The van der Waals surface area contributed by atoms with Crippen molar-refractivity contribution in [1.82, 2.24) is 20.5 Å². The zero-order valence-electron chi connectivity index (χ0n) is 21.7. The first-order valence-corrected chi connectivity index (χ1v) is 15.1. The number of aromatic nitrogens is 1. The molecule has 1 saturated carbocycles. The van der Waals surface area contributed by atoms with Gasteiger partial charge in [0.25, 0.3) is 5.91 Å². The molecule has 2 aliphatic heterocycles. The molecule has 6 rings (SSSR count). The molecule has 3 aliphatic rings. The SMILES string of the molecule is CSCC[C@H](NC(=O)[C@@H]1Cc2c([nH]c3ccccc23)[C@H]2c3ccccc3C(=O)N21)C(=O)NC1CCCCC1. The lowest BCUT2D eigenvalue weighted by atomic mass is 9.89. The van der Waals surface area contributed by atoms with E-state index in [1.807, 2.05) is 48.7 Å². The number of carbonyl (C=O) groups excluding carboxylic acids is 3. The van der Waals surface area contributed by atoms with Crippen molar-refractivity contribution in [3.05, 3.63) is 70.9 Å². The third kappa shape index (κ3) is 4.38. The minimum atomic E-state index is -0.703. The number of carbonyl (C=O) groups is 3. The van der Waals surface area contributed by atoms with Crippen LogP contribution in [0.25, 0.3) is 10.9 Å². The fourth-order valence-corrected chi connectivity index (χ4v) is 6.93. The second-order valence-corrected chi connectivity index (χ2v) is 11.7. The summed E-state index contributed by atoms with van der Waals surface area (Å²) >= 11 is 1.66. The molecular formula is C30H34N4O3S. The summed E-state index contributed by atoms with van der Waals surface area (Å²) in [5.74, 6) is 0.242. The van der Waals surface area contributed by atoms with Crippen molar-refractivity contribution in [2.24, 2.45) is 0 Å². The second-order valence-electron chi connectivity index (χ2n) is 10.7. The zero-order valence-corrected chi connectivity index (χ0v) is 22.5. The molecule has 0 bridgehead atoms. The lowest BCUT2D eigenvalue weighted by Crippen LogP contribution is -2.57. The Morgan fingerprint density at radius 2 is 1.84 bits per heavy atom. The van der Waals surface area contributed by atoms with Gasteiger partial charge in [-0.3, -0.25) is 14.4 Å². The number of H-pyrrole nitrogens is 1. The van der Waals surface area contributed by atoms with E-state index in [0.29, 0.717) is 18.4 Å². The number of benzene rings is 2. The predicted molar refractivity (Wildman–Crippen MR) is 150 cm³/mol. The molecular weight excluding hydrogens is 496 g/mol. The number of hydrogen-bond acceptors (Lipinski definition) is 4.